The third-order valence-electron chi connectivity index (χ3n) is 1.39. The first-order chi connectivity index (χ1) is 6.09. The molecular weight excluding hydrogens is 169 g/mol. The van der Waals surface area contributed by atoms with Crippen molar-refractivity contribution >= 4 is 18.5 Å². The summed E-state index contributed by atoms with van der Waals surface area (Å²) in [5.74, 6) is 0.486. The van der Waals surface area contributed by atoms with Crippen LogP contribution in [0.1, 0.15) is 13.8 Å². The number of hydrogen-bond acceptors (Lipinski definition) is 5. The highest BCUT2D eigenvalue weighted by Gasteiger charge is 2.11. The van der Waals surface area contributed by atoms with Crippen molar-refractivity contribution in [3.63, 3.8) is 0 Å². The minimum absolute atomic E-state index is 0.255. The van der Waals surface area contributed by atoms with Crippen molar-refractivity contribution in [1.29, 1.82) is 0 Å². The van der Waals surface area contributed by atoms with Gasteiger partial charge in [0.15, 0.2) is 0 Å². The Balaban J connectivity index is 2.70. The Labute approximate surface area is 77.0 Å². The molecule has 0 spiro atoms. The summed E-state index contributed by atoms with van der Waals surface area (Å²) in [5, 5.41) is 20.5. The molecule has 13 heavy (non-hydrogen) atoms. The van der Waals surface area contributed by atoms with E-state index in [1.165, 1.54) is 12.4 Å². The van der Waals surface area contributed by atoms with E-state index in [9.17, 15) is 0 Å². The van der Waals surface area contributed by atoms with Crippen LogP contribution in [0.5, 0.6) is 0 Å². The molecule has 0 atom stereocenters. The molecule has 0 saturated heterocycles. The SMILES string of the molecule is CC(C)Nc1ncc(B(O)O)cn1. The van der Waals surface area contributed by atoms with Crippen LogP contribution in [0.15, 0.2) is 12.4 Å². The Bertz CT molecular complexity index is 263. The molecule has 5 nitrogen and oxygen atoms in total. The molecule has 0 aliphatic rings. The summed E-state index contributed by atoms with van der Waals surface area (Å²) in [6.45, 7) is 3.94. The van der Waals surface area contributed by atoms with Crippen molar-refractivity contribution in [3.8, 4) is 0 Å². The monoisotopic (exact) mass is 181 g/mol. The average Bonchev–Trinajstić information content (AvgIpc) is 2.04. The molecule has 0 aromatic carbocycles. The van der Waals surface area contributed by atoms with Crippen LogP contribution in [0.3, 0.4) is 0 Å². The highest BCUT2D eigenvalue weighted by atomic mass is 16.4. The first kappa shape index (κ1) is 9.95. The molecule has 0 fully saturated rings. The van der Waals surface area contributed by atoms with E-state index in [2.05, 4.69) is 15.3 Å². The topological polar surface area (TPSA) is 78.3 Å². The van der Waals surface area contributed by atoms with Gasteiger partial charge in [-0.1, -0.05) is 0 Å². The normalized spacial score (nSPS) is 10.2. The summed E-state index contributed by atoms with van der Waals surface area (Å²) in [5.41, 5.74) is 0.286. The summed E-state index contributed by atoms with van der Waals surface area (Å²) in [7, 11) is -1.51. The Kier molecular flexibility index (Phi) is 3.22. The summed E-state index contributed by atoms with van der Waals surface area (Å²) in [6.07, 6.45) is 2.75. The Hall–Kier alpha value is -1.14. The molecule has 0 aliphatic carbocycles. The molecule has 3 N–H and O–H groups in total. The fourth-order valence-corrected chi connectivity index (χ4v) is 0.804. The number of hydrogen-bond donors (Lipinski definition) is 3. The van der Waals surface area contributed by atoms with E-state index < -0.39 is 7.12 Å². The maximum Gasteiger partial charge on any atom is 0.491 e. The van der Waals surface area contributed by atoms with Gasteiger partial charge >= 0.3 is 7.12 Å². The zero-order chi connectivity index (χ0) is 9.84. The molecule has 0 aliphatic heterocycles. The summed E-state index contributed by atoms with van der Waals surface area (Å²) in [4.78, 5) is 7.80. The summed E-state index contributed by atoms with van der Waals surface area (Å²) >= 11 is 0. The number of anilines is 1. The van der Waals surface area contributed by atoms with Crippen molar-refractivity contribution in [3.05, 3.63) is 12.4 Å². The van der Waals surface area contributed by atoms with Gasteiger partial charge in [-0.05, 0) is 13.8 Å². The van der Waals surface area contributed by atoms with Gasteiger partial charge in [0.05, 0.1) is 0 Å². The highest BCUT2D eigenvalue weighted by molar-refractivity contribution is 6.58. The molecule has 0 bridgehead atoms. The molecular formula is C7H12BN3O2. The zero-order valence-electron chi connectivity index (χ0n) is 7.60. The molecule has 0 saturated carbocycles. The van der Waals surface area contributed by atoms with Gasteiger partial charge in [-0.2, -0.15) is 0 Å². The molecule has 1 aromatic heterocycles. The van der Waals surface area contributed by atoms with Crippen molar-refractivity contribution in [2.24, 2.45) is 0 Å². The summed E-state index contributed by atoms with van der Waals surface area (Å²) in [6, 6.07) is 0.255. The summed E-state index contributed by atoms with van der Waals surface area (Å²) < 4.78 is 0. The van der Waals surface area contributed by atoms with E-state index in [1.54, 1.807) is 0 Å². The number of nitrogens with zero attached hydrogens (tertiary/aromatic N) is 2. The van der Waals surface area contributed by atoms with Gasteiger partial charge in [0, 0.05) is 23.9 Å². The van der Waals surface area contributed by atoms with Crippen LogP contribution in [0.2, 0.25) is 0 Å². The van der Waals surface area contributed by atoms with E-state index in [0.29, 0.717) is 5.95 Å². The van der Waals surface area contributed by atoms with Crippen LogP contribution in [-0.2, 0) is 0 Å². The fraction of sp³-hybridized carbons (Fsp3) is 0.429. The third-order valence-corrected chi connectivity index (χ3v) is 1.39. The molecule has 0 amide bonds. The Morgan fingerprint density at radius 3 is 2.23 bits per heavy atom. The van der Waals surface area contributed by atoms with Crippen LogP contribution in [0.4, 0.5) is 5.95 Å². The van der Waals surface area contributed by atoms with E-state index >= 15 is 0 Å². The predicted molar refractivity (Wildman–Crippen MR) is 50.6 cm³/mol. The van der Waals surface area contributed by atoms with E-state index in [-0.39, 0.29) is 11.5 Å². The fourth-order valence-electron chi connectivity index (χ4n) is 0.804. The van der Waals surface area contributed by atoms with Gasteiger partial charge in [-0.25, -0.2) is 9.97 Å². The van der Waals surface area contributed by atoms with Crippen molar-refractivity contribution < 1.29 is 10.0 Å². The second-order valence-corrected chi connectivity index (χ2v) is 3.01. The number of aromatic nitrogens is 2. The van der Waals surface area contributed by atoms with E-state index in [4.69, 9.17) is 10.0 Å². The minimum Gasteiger partial charge on any atom is -0.423 e. The van der Waals surface area contributed by atoms with Gasteiger partial charge in [-0.15, -0.1) is 0 Å². The highest BCUT2D eigenvalue weighted by Crippen LogP contribution is 1.95. The van der Waals surface area contributed by atoms with Crippen molar-refractivity contribution in [2.75, 3.05) is 5.32 Å². The molecule has 0 radical (unpaired) electrons. The van der Waals surface area contributed by atoms with Crippen LogP contribution in [0, 0.1) is 0 Å². The van der Waals surface area contributed by atoms with Gasteiger partial charge in [-0.3, -0.25) is 0 Å². The molecule has 0 unspecified atom stereocenters. The van der Waals surface area contributed by atoms with Crippen molar-refractivity contribution in [2.45, 2.75) is 19.9 Å². The van der Waals surface area contributed by atoms with Crippen LogP contribution in [0.25, 0.3) is 0 Å². The lowest BCUT2D eigenvalue weighted by Crippen LogP contribution is -2.31. The largest absolute Gasteiger partial charge is 0.491 e. The second-order valence-electron chi connectivity index (χ2n) is 3.01. The molecule has 1 aromatic rings. The molecule has 70 valence electrons. The maximum absolute atomic E-state index is 8.75. The lowest BCUT2D eigenvalue weighted by atomic mass is 9.83. The lowest BCUT2D eigenvalue weighted by Gasteiger charge is -2.07. The van der Waals surface area contributed by atoms with Crippen LogP contribution < -0.4 is 10.8 Å². The number of nitrogens with one attached hydrogen (secondary N) is 1. The minimum atomic E-state index is -1.51. The maximum atomic E-state index is 8.75. The van der Waals surface area contributed by atoms with Gasteiger partial charge < -0.3 is 15.4 Å². The van der Waals surface area contributed by atoms with Crippen LogP contribution >= 0.6 is 0 Å². The third kappa shape index (κ3) is 3.00. The first-order valence-electron chi connectivity index (χ1n) is 4.04. The number of rotatable bonds is 3. The molecule has 1 heterocycles. The predicted octanol–water partition coefficient (Wildman–Crippen LogP) is -1.02. The average molecular weight is 181 g/mol. The Morgan fingerprint density at radius 2 is 1.85 bits per heavy atom. The second kappa shape index (κ2) is 4.20. The van der Waals surface area contributed by atoms with E-state index in [1.807, 2.05) is 13.8 Å². The molecule has 1 rings (SSSR count). The quantitative estimate of drug-likeness (QED) is 0.520. The van der Waals surface area contributed by atoms with Crippen LogP contribution in [-0.4, -0.2) is 33.2 Å². The first-order valence-corrected chi connectivity index (χ1v) is 4.04. The van der Waals surface area contributed by atoms with Gasteiger partial charge in [0.25, 0.3) is 0 Å². The Morgan fingerprint density at radius 1 is 1.31 bits per heavy atom. The standard InChI is InChI=1S/C7H12BN3O2/c1-5(2)11-7-9-3-6(4-10-7)8(12)13/h3-5,12-13H,1-2H3,(H,9,10,11). The van der Waals surface area contributed by atoms with Gasteiger partial charge in [0.2, 0.25) is 5.95 Å². The smallest absolute Gasteiger partial charge is 0.423 e. The lowest BCUT2D eigenvalue weighted by molar-refractivity contribution is 0.425. The van der Waals surface area contributed by atoms with Crippen molar-refractivity contribution in [1.82, 2.24) is 9.97 Å². The zero-order valence-corrected chi connectivity index (χ0v) is 7.60. The molecule has 6 heteroatoms. The van der Waals surface area contributed by atoms with Gasteiger partial charge in [0.1, 0.15) is 0 Å². The van der Waals surface area contributed by atoms with E-state index in [0.717, 1.165) is 0 Å².